The molecule has 0 aliphatic heterocycles. The molecule has 1 amide bonds. The van der Waals surface area contributed by atoms with Crippen molar-refractivity contribution < 1.29 is 19.0 Å². The number of carbonyl (C=O) groups is 2. The third-order valence-electron chi connectivity index (χ3n) is 4.19. The van der Waals surface area contributed by atoms with Crippen LogP contribution in [0.4, 0.5) is 11.4 Å². The molecule has 2 aromatic rings. The molecule has 0 saturated heterocycles. The van der Waals surface area contributed by atoms with E-state index in [1.54, 1.807) is 62.6 Å². The summed E-state index contributed by atoms with van der Waals surface area (Å²) >= 11 is 0. The quantitative estimate of drug-likeness (QED) is 0.135. The van der Waals surface area contributed by atoms with E-state index in [1.807, 2.05) is 0 Å². The molecule has 0 unspecified atom stereocenters. The number of ether oxygens (including phenoxy) is 1. The fourth-order valence-electron chi connectivity index (χ4n) is 2.55. The van der Waals surface area contributed by atoms with Crippen molar-refractivity contribution >= 4 is 34.7 Å². The zero-order valence-corrected chi connectivity index (χ0v) is 18.1. The number of hydrogen-bond acceptors (Lipinski definition) is 7. The van der Waals surface area contributed by atoms with Crippen LogP contribution in [0.2, 0.25) is 0 Å². The minimum atomic E-state index is -0.417. The summed E-state index contributed by atoms with van der Waals surface area (Å²) in [5, 5.41) is 7.05. The fraction of sp³-hybridized carbons (Fsp3) is 0.318. The van der Waals surface area contributed by atoms with Crippen LogP contribution < -0.4 is 21.3 Å². The Morgan fingerprint density at radius 2 is 1.87 bits per heavy atom. The lowest BCUT2D eigenvalue weighted by Gasteiger charge is -2.09. The van der Waals surface area contributed by atoms with Gasteiger partial charge in [0.2, 0.25) is 6.20 Å². The smallest absolute Gasteiger partial charge is 0.338 e. The molecule has 2 rings (SSSR count). The second-order valence-corrected chi connectivity index (χ2v) is 6.68. The Morgan fingerprint density at radius 1 is 1.13 bits per heavy atom. The van der Waals surface area contributed by atoms with Gasteiger partial charge in [-0.05, 0) is 50.6 Å². The molecule has 9 heteroatoms. The summed E-state index contributed by atoms with van der Waals surface area (Å²) in [7, 11) is 0. The molecule has 4 N–H and O–H groups in total. The molecule has 1 aromatic heterocycles. The van der Waals surface area contributed by atoms with Gasteiger partial charge in [-0.1, -0.05) is 18.0 Å². The van der Waals surface area contributed by atoms with Crippen molar-refractivity contribution in [3.63, 3.8) is 0 Å². The largest absolute Gasteiger partial charge is 0.462 e. The average molecular weight is 426 g/mol. The molecule has 0 atom stereocenters. The van der Waals surface area contributed by atoms with Crippen molar-refractivity contribution in [3.8, 4) is 0 Å². The van der Waals surface area contributed by atoms with Gasteiger partial charge in [0.1, 0.15) is 5.69 Å². The third-order valence-corrected chi connectivity index (χ3v) is 4.19. The van der Waals surface area contributed by atoms with Crippen LogP contribution in [0.5, 0.6) is 0 Å². The number of hydrogen-bond donors (Lipinski definition) is 3. The Morgan fingerprint density at radius 3 is 2.52 bits per heavy atom. The molecule has 0 radical (unpaired) electrons. The summed E-state index contributed by atoms with van der Waals surface area (Å²) in [4.78, 5) is 29.1. The third kappa shape index (κ3) is 7.54. The summed E-state index contributed by atoms with van der Waals surface area (Å²) in [6.45, 7) is 6.49. The van der Waals surface area contributed by atoms with Gasteiger partial charge in [-0.25, -0.2) is 10.6 Å². The highest BCUT2D eigenvalue weighted by atomic mass is 16.5. The molecule has 0 bridgehead atoms. The number of rotatable bonds is 10. The summed E-state index contributed by atoms with van der Waals surface area (Å²) in [6.07, 6.45) is 5.16. The van der Waals surface area contributed by atoms with E-state index in [0.29, 0.717) is 35.8 Å². The number of aliphatic imine (C=N–C) groups is 1. The van der Waals surface area contributed by atoms with Crippen molar-refractivity contribution in [2.75, 3.05) is 29.7 Å². The second-order valence-electron chi connectivity index (χ2n) is 6.68. The zero-order valence-electron chi connectivity index (χ0n) is 18.1. The van der Waals surface area contributed by atoms with Crippen molar-refractivity contribution in [2.24, 2.45) is 10.1 Å². The average Bonchev–Trinajstić information content (AvgIpc) is 2.74. The van der Waals surface area contributed by atoms with Gasteiger partial charge in [-0.15, -0.1) is 0 Å². The molecule has 0 saturated carbocycles. The Labute approximate surface area is 182 Å². The van der Waals surface area contributed by atoms with Gasteiger partial charge in [0.25, 0.3) is 5.91 Å². The van der Waals surface area contributed by atoms with Gasteiger partial charge in [0.05, 0.1) is 23.6 Å². The predicted octanol–water partition coefficient (Wildman–Crippen LogP) is 2.53. The van der Waals surface area contributed by atoms with E-state index >= 15 is 0 Å². The molecule has 0 aliphatic rings. The molecule has 31 heavy (non-hydrogen) atoms. The van der Waals surface area contributed by atoms with E-state index in [4.69, 9.17) is 10.6 Å². The highest BCUT2D eigenvalue weighted by Crippen LogP contribution is 2.11. The maximum atomic E-state index is 12.9. The molecule has 0 aliphatic carbocycles. The summed E-state index contributed by atoms with van der Waals surface area (Å²) in [5.41, 5.74) is 5.10. The van der Waals surface area contributed by atoms with Gasteiger partial charge < -0.3 is 10.1 Å². The van der Waals surface area contributed by atoms with Crippen molar-refractivity contribution in [3.05, 3.63) is 54.4 Å². The van der Waals surface area contributed by atoms with Crippen LogP contribution in [-0.2, 0) is 9.53 Å². The SMILES string of the molecule is CCCCN=C(C)C(=NNc1ccc(C(=O)OCC)cc1)C(=O)Nc1ccc[n+](N)c1. The minimum Gasteiger partial charge on any atom is -0.462 e. The van der Waals surface area contributed by atoms with Crippen LogP contribution >= 0.6 is 0 Å². The minimum absolute atomic E-state index is 0.151. The van der Waals surface area contributed by atoms with Crippen LogP contribution in [0, 0.1) is 0 Å². The number of unbranched alkanes of at least 4 members (excludes halogenated alkanes) is 1. The van der Waals surface area contributed by atoms with Crippen molar-refractivity contribution in [1.82, 2.24) is 0 Å². The van der Waals surface area contributed by atoms with E-state index in [9.17, 15) is 9.59 Å². The second kappa shape index (κ2) is 12.1. The Balaban J connectivity index is 2.20. The molecular formula is C22H29N6O3+. The number of aromatic nitrogens is 1. The van der Waals surface area contributed by atoms with Crippen molar-refractivity contribution in [1.29, 1.82) is 0 Å². The van der Waals surface area contributed by atoms with Crippen LogP contribution in [0.15, 0.2) is 58.9 Å². The maximum absolute atomic E-state index is 12.9. The number of hydrazone groups is 1. The van der Waals surface area contributed by atoms with Crippen LogP contribution in [0.3, 0.4) is 0 Å². The summed E-state index contributed by atoms with van der Waals surface area (Å²) < 4.78 is 6.32. The lowest BCUT2D eigenvalue weighted by Crippen LogP contribution is -2.43. The molecular weight excluding hydrogens is 396 g/mol. The van der Waals surface area contributed by atoms with E-state index < -0.39 is 11.9 Å². The van der Waals surface area contributed by atoms with Gasteiger partial charge in [-0.3, -0.25) is 15.2 Å². The Bertz CT molecular complexity index is 954. The first kappa shape index (κ1) is 23.5. The number of nitrogens with one attached hydrogen (secondary N) is 2. The first-order chi connectivity index (χ1) is 14.9. The standard InChI is InChI=1S/C22H28N6O3/c1-4-6-13-24-16(3)20(21(29)25-19-8-7-14-28(23)15-19)27-26-18-11-9-17(10-12-18)22(30)31-5-2/h7-12,14-15H,4-6,13,23H2,1-3H3,(H-,24,25,26,29,30)/p+1. The van der Waals surface area contributed by atoms with Gasteiger partial charge in [0, 0.05) is 12.6 Å². The molecule has 0 fully saturated rings. The molecule has 9 nitrogen and oxygen atoms in total. The number of amides is 1. The van der Waals surface area contributed by atoms with Gasteiger partial charge >= 0.3 is 5.97 Å². The first-order valence-electron chi connectivity index (χ1n) is 10.1. The monoisotopic (exact) mass is 425 g/mol. The lowest BCUT2D eigenvalue weighted by molar-refractivity contribution is -0.638. The predicted molar refractivity (Wildman–Crippen MR) is 122 cm³/mol. The molecule has 0 spiro atoms. The summed E-state index contributed by atoms with van der Waals surface area (Å²) in [6, 6.07) is 10.1. The Hall–Kier alpha value is -3.75. The topological polar surface area (TPSA) is 122 Å². The Kier molecular flexibility index (Phi) is 9.15. The van der Waals surface area contributed by atoms with Crippen LogP contribution in [0.1, 0.15) is 44.0 Å². The number of nitrogens with two attached hydrogens (primary N) is 1. The maximum Gasteiger partial charge on any atom is 0.338 e. The number of anilines is 2. The van der Waals surface area contributed by atoms with Crippen molar-refractivity contribution in [2.45, 2.75) is 33.6 Å². The van der Waals surface area contributed by atoms with Gasteiger partial charge in [-0.2, -0.15) is 5.10 Å². The van der Waals surface area contributed by atoms with E-state index in [0.717, 1.165) is 12.8 Å². The summed E-state index contributed by atoms with van der Waals surface area (Å²) in [5.74, 6) is 4.90. The highest BCUT2D eigenvalue weighted by Gasteiger charge is 2.17. The lowest BCUT2D eigenvalue weighted by atomic mass is 10.2. The number of benzene rings is 1. The van der Waals surface area contributed by atoms with Crippen LogP contribution in [0.25, 0.3) is 0 Å². The molecule has 164 valence electrons. The number of nitrogen functional groups attached to an aromatic ring is 1. The normalized spacial score (nSPS) is 11.7. The molecule has 1 heterocycles. The van der Waals surface area contributed by atoms with E-state index in [1.165, 1.54) is 4.68 Å². The number of pyridine rings is 1. The fourth-order valence-corrected chi connectivity index (χ4v) is 2.55. The molecule has 1 aromatic carbocycles. The number of esters is 1. The number of carbonyl (C=O) groups excluding carboxylic acids is 2. The van der Waals surface area contributed by atoms with Gasteiger partial charge in [0.15, 0.2) is 11.9 Å². The first-order valence-corrected chi connectivity index (χ1v) is 10.1. The van der Waals surface area contributed by atoms with Crippen LogP contribution in [-0.4, -0.2) is 36.5 Å². The number of nitrogens with zero attached hydrogens (tertiary/aromatic N) is 3. The zero-order chi connectivity index (χ0) is 22.6. The van der Waals surface area contributed by atoms with E-state index in [-0.39, 0.29) is 5.71 Å². The highest BCUT2D eigenvalue weighted by molar-refractivity contribution is 6.68. The van der Waals surface area contributed by atoms with E-state index in [2.05, 4.69) is 27.8 Å².